The third-order valence-corrected chi connectivity index (χ3v) is 4.66. The highest BCUT2D eigenvalue weighted by Gasteiger charge is 2.17. The number of hydrogen-bond acceptors (Lipinski definition) is 7. The Kier molecular flexibility index (Phi) is 6.92. The van der Waals surface area contributed by atoms with Gasteiger partial charge < -0.3 is 24.2 Å². The van der Waals surface area contributed by atoms with E-state index in [4.69, 9.17) is 14.0 Å². The SMILES string of the molecule is Cc1noc(C)c1COc1ccccc1C(=O)OCC(=O)Nc1ccc(N(C)C)cc1. The predicted molar refractivity (Wildman–Crippen MR) is 116 cm³/mol. The van der Waals surface area contributed by atoms with Crippen LogP contribution in [0.1, 0.15) is 27.4 Å². The highest BCUT2D eigenvalue weighted by atomic mass is 16.5. The van der Waals surface area contributed by atoms with Crippen molar-refractivity contribution in [3.05, 3.63) is 71.1 Å². The van der Waals surface area contributed by atoms with E-state index in [1.807, 2.05) is 38.1 Å². The fourth-order valence-electron chi connectivity index (χ4n) is 2.87. The number of hydrogen-bond donors (Lipinski definition) is 1. The highest BCUT2D eigenvalue weighted by molar-refractivity contribution is 5.96. The first-order valence-corrected chi connectivity index (χ1v) is 9.73. The summed E-state index contributed by atoms with van der Waals surface area (Å²) in [7, 11) is 3.87. The molecule has 1 N–H and O–H groups in total. The van der Waals surface area contributed by atoms with Crippen LogP contribution in [0.2, 0.25) is 0 Å². The van der Waals surface area contributed by atoms with Crippen LogP contribution in [0.25, 0.3) is 0 Å². The van der Waals surface area contributed by atoms with E-state index in [0.717, 1.165) is 16.9 Å². The summed E-state index contributed by atoms with van der Waals surface area (Å²) in [6.45, 7) is 3.41. The second kappa shape index (κ2) is 9.80. The molecule has 0 aliphatic rings. The Morgan fingerprint density at radius 2 is 1.77 bits per heavy atom. The van der Waals surface area contributed by atoms with Gasteiger partial charge >= 0.3 is 5.97 Å². The first-order valence-electron chi connectivity index (χ1n) is 9.73. The molecular formula is C23H25N3O5. The van der Waals surface area contributed by atoms with Gasteiger partial charge in [-0.2, -0.15) is 0 Å². The topological polar surface area (TPSA) is 93.9 Å². The van der Waals surface area contributed by atoms with Gasteiger partial charge in [0, 0.05) is 25.5 Å². The zero-order valence-corrected chi connectivity index (χ0v) is 18.0. The Balaban J connectivity index is 1.57. The molecule has 1 aromatic heterocycles. The van der Waals surface area contributed by atoms with E-state index in [-0.39, 0.29) is 12.2 Å². The molecule has 0 saturated carbocycles. The standard InChI is InChI=1S/C23H25N3O5/c1-15-20(16(2)31-25-15)13-29-21-8-6-5-7-19(21)23(28)30-14-22(27)24-17-9-11-18(12-10-17)26(3)4/h5-12H,13-14H2,1-4H3,(H,24,27). The monoisotopic (exact) mass is 423 g/mol. The van der Waals surface area contributed by atoms with Gasteiger partial charge in [0.1, 0.15) is 23.7 Å². The van der Waals surface area contributed by atoms with Crippen molar-refractivity contribution >= 4 is 23.3 Å². The molecule has 1 amide bonds. The maximum atomic E-state index is 12.5. The minimum absolute atomic E-state index is 0.203. The number of amides is 1. The van der Waals surface area contributed by atoms with Crippen LogP contribution in [0.4, 0.5) is 11.4 Å². The number of aromatic nitrogens is 1. The normalized spacial score (nSPS) is 10.5. The Labute approximate surface area is 180 Å². The zero-order valence-electron chi connectivity index (χ0n) is 18.0. The molecule has 0 saturated heterocycles. The van der Waals surface area contributed by atoms with Crippen molar-refractivity contribution in [2.75, 3.05) is 30.9 Å². The van der Waals surface area contributed by atoms with Gasteiger partial charge in [-0.3, -0.25) is 4.79 Å². The van der Waals surface area contributed by atoms with Crippen LogP contribution >= 0.6 is 0 Å². The molecule has 2 aromatic carbocycles. The summed E-state index contributed by atoms with van der Waals surface area (Å²) in [5.74, 6) is -0.0624. The number of rotatable bonds is 8. The van der Waals surface area contributed by atoms with Crippen LogP contribution in [0, 0.1) is 13.8 Å². The van der Waals surface area contributed by atoms with Crippen LogP contribution < -0.4 is 15.0 Å². The number of para-hydroxylation sites is 1. The fourth-order valence-corrected chi connectivity index (χ4v) is 2.87. The van der Waals surface area contributed by atoms with Crippen LogP contribution in [0.3, 0.4) is 0 Å². The molecule has 0 aliphatic carbocycles. The number of ether oxygens (including phenoxy) is 2. The number of nitrogens with one attached hydrogen (secondary N) is 1. The third kappa shape index (κ3) is 5.63. The lowest BCUT2D eigenvalue weighted by Crippen LogP contribution is -2.21. The maximum Gasteiger partial charge on any atom is 0.342 e. The number of aryl methyl sites for hydroxylation is 2. The fraction of sp³-hybridized carbons (Fsp3) is 0.261. The molecule has 0 spiro atoms. The summed E-state index contributed by atoms with van der Waals surface area (Å²) < 4.78 is 16.1. The third-order valence-electron chi connectivity index (χ3n) is 4.66. The van der Waals surface area contributed by atoms with E-state index in [1.165, 1.54) is 0 Å². The summed E-state index contributed by atoms with van der Waals surface area (Å²) in [6, 6.07) is 14.0. The molecule has 0 aliphatic heterocycles. The van der Waals surface area contributed by atoms with Crippen molar-refractivity contribution < 1.29 is 23.6 Å². The van der Waals surface area contributed by atoms with E-state index in [0.29, 0.717) is 17.2 Å². The van der Waals surface area contributed by atoms with Gasteiger partial charge in [0.15, 0.2) is 6.61 Å². The van der Waals surface area contributed by atoms with Crippen LogP contribution in [-0.4, -0.2) is 37.7 Å². The van der Waals surface area contributed by atoms with Crippen molar-refractivity contribution in [1.29, 1.82) is 0 Å². The van der Waals surface area contributed by atoms with Gasteiger partial charge in [-0.25, -0.2) is 4.79 Å². The summed E-state index contributed by atoms with van der Waals surface area (Å²) in [4.78, 5) is 26.6. The molecule has 0 atom stereocenters. The molecule has 3 rings (SSSR count). The van der Waals surface area contributed by atoms with Crippen LogP contribution in [0.5, 0.6) is 5.75 Å². The Bertz CT molecular complexity index is 1040. The second-order valence-corrected chi connectivity index (χ2v) is 7.15. The largest absolute Gasteiger partial charge is 0.488 e. The maximum absolute atomic E-state index is 12.5. The van der Waals surface area contributed by atoms with Gasteiger partial charge in [-0.1, -0.05) is 17.3 Å². The van der Waals surface area contributed by atoms with Crippen molar-refractivity contribution in [1.82, 2.24) is 5.16 Å². The van der Waals surface area contributed by atoms with Crippen molar-refractivity contribution in [3.63, 3.8) is 0 Å². The number of esters is 1. The van der Waals surface area contributed by atoms with Crippen LogP contribution in [0.15, 0.2) is 53.1 Å². The van der Waals surface area contributed by atoms with E-state index in [2.05, 4.69) is 10.5 Å². The molecular weight excluding hydrogens is 398 g/mol. The Morgan fingerprint density at radius 1 is 1.06 bits per heavy atom. The van der Waals surface area contributed by atoms with Gasteiger partial charge in [0.05, 0.1) is 11.3 Å². The molecule has 3 aromatic rings. The van der Waals surface area contributed by atoms with Crippen molar-refractivity contribution in [3.8, 4) is 5.75 Å². The lowest BCUT2D eigenvalue weighted by molar-refractivity contribution is -0.119. The van der Waals surface area contributed by atoms with Gasteiger partial charge in [0.25, 0.3) is 5.91 Å². The molecule has 0 fully saturated rings. The Morgan fingerprint density at radius 3 is 2.42 bits per heavy atom. The molecule has 8 nitrogen and oxygen atoms in total. The van der Waals surface area contributed by atoms with E-state index < -0.39 is 18.5 Å². The average molecular weight is 423 g/mol. The van der Waals surface area contributed by atoms with Crippen molar-refractivity contribution in [2.24, 2.45) is 0 Å². The summed E-state index contributed by atoms with van der Waals surface area (Å²) in [5, 5.41) is 6.59. The lowest BCUT2D eigenvalue weighted by atomic mass is 10.2. The van der Waals surface area contributed by atoms with Crippen molar-refractivity contribution in [2.45, 2.75) is 20.5 Å². The molecule has 0 unspecified atom stereocenters. The van der Waals surface area contributed by atoms with E-state index >= 15 is 0 Å². The van der Waals surface area contributed by atoms with Gasteiger partial charge in [-0.15, -0.1) is 0 Å². The number of nitrogens with zero attached hydrogens (tertiary/aromatic N) is 2. The molecule has 8 heteroatoms. The van der Waals surface area contributed by atoms with E-state index in [1.54, 1.807) is 43.3 Å². The molecule has 162 valence electrons. The minimum atomic E-state index is -0.646. The molecule has 0 radical (unpaired) electrons. The number of carbonyl (C=O) groups is 2. The first kappa shape index (κ1) is 21.9. The Hall–Kier alpha value is -3.81. The molecule has 31 heavy (non-hydrogen) atoms. The number of anilines is 2. The highest BCUT2D eigenvalue weighted by Crippen LogP contribution is 2.22. The molecule has 1 heterocycles. The summed E-state index contributed by atoms with van der Waals surface area (Å²) >= 11 is 0. The minimum Gasteiger partial charge on any atom is -0.488 e. The smallest absolute Gasteiger partial charge is 0.342 e. The molecule has 0 bridgehead atoms. The predicted octanol–water partition coefficient (Wildman–Crippen LogP) is 3.73. The average Bonchev–Trinajstić information content (AvgIpc) is 3.08. The summed E-state index contributed by atoms with van der Waals surface area (Å²) in [6.07, 6.45) is 0. The zero-order chi connectivity index (χ0) is 22.4. The first-order chi connectivity index (χ1) is 14.8. The number of benzene rings is 2. The summed E-state index contributed by atoms with van der Waals surface area (Å²) in [5.41, 5.74) is 3.42. The second-order valence-electron chi connectivity index (χ2n) is 7.15. The van der Waals surface area contributed by atoms with Gasteiger partial charge in [-0.05, 0) is 50.2 Å². The van der Waals surface area contributed by atoms with Crippen LogP contribution in [-0.2, 0) is 16.1 Å². The quantitative estimate of drug-likeness (QED) is 0.552. The van der Waals surface area contributed by atoms with E-state index in [9.17, 15) is 9.59 Å². The lowest BCUT2D eigenvalue weighted by Gasteiger charge is -2.13. The number of carbonyl (C=O) groups excluding carboxylic acids is 2. The van der Waals surface area contributed by atoms with Gasteiger partial charge in [0.2, 0.25) is 0 Å².